The maximum Gasteiger partial charge on any atom is 0.161 e. The van der Waals surface area contributed by atoms with Crippen LogP contribution >= 0.6 is 11.6 Å². The number of hydrogen-bond acceptors (Lipinski definition) is 3. The van der Waals surface area contributed by atoms with Crippen LogP contribution in [0.3, 0.4) is 0 Å². The van der Waals surface area contributed by atoms with Gasteiger partial charge in [0.25, 0.3) is 0 Å². The molecule has 1 aromatic carbocycles. The molecule has 0 radical (unpaired) electrons. The minimum absolute atomic E-state index is 0.244. The molecule has 0 saturated carbocycles. The molecule has 1 aromatic rings. The van der Waals surface area contributed by atoms with Crippen molar-refractivity contribution in [3.8, 4) is 17.2 Å². The SMILES string of the molecule is COc1cc(O)c(O)cc1Cl. The fraction of sp³-hybridized carbons (Fsp3) is 0.143. The van der Waals surface area contributed by atoms with Gasteiger partial charge >= 0.3 is 0 Å². The largest absolute Gasteiger partial charge is 0.504 e. The topological polar surface area (TPSA) is 49.7 Å². The highest BCUT2D eigenvalue weighted by Crippen LogP contribution is 2.35. The zero-order valence-electron chi connectivity index (χ0n) is 5.84. The van der Waals surface area contributed by atoms with Crippen molar-refractivity contribution in [2.45, 2.75) is 0 Å². The Kier molecular flexibility index (Phi) is 2.10. The molecule has 0 aromatic heterocycles. The first-order valence-electron chi connectivity index (χ1n) is 2.90. The van der Waals surface area contributed by atoms with Crippen molar-refractivity contribution in [2.24, 2.45) is 0 Å². The van der Waals surface area contributed by atoms with Crippen LogP contribution in [0.2, 0.25) is 5.02 Å². The van der Waals surface area contributed by atoms with Crippen LogP contribution in [-0.2, 0) is 0 Å². The molecule has 4 heteroatoms. The van der Waals surface area contributed by atoms with E-state index in [4.69, 9.17) is 26.6 Å². The van der Waals surface area contributed by atoms with Crippen LogP contribution in [-0.4, -0.2) is 17.3 Å². The molecule has 3 nitrogen and oxygen atoms in total. The summed E-state index contributed by atoms with van der Waals surface area (Å²) in [6, 6.07) is 2.47. The second-order valence-electron chi connectivity index (χ2n) is 1.98. The first-order chi connectivity index (χ1) is 5.15. The lowest BCUT2D eigenvalue weighted by molar-refractivity contribution is 0.386. The molecule has 0 aliphatic heterocycles. The molecule has 1 rings (SSSR count). The summed E-state index contributed by atoms with van der Waals surface area (Å²) < 4.78 is 4.78. The van der Waals surface area contributed by atoms with Crippen LogP contribution in [0.25, 0.3) is 0 Å². The van der Waals surface area contributed by atoms with E-state index in [1.54, 1.807) is 0 Å². The number of aromatic hydroxyl groups is 2. The first kappa shape index (κ1) is 8.01. The van der Waals surface area contributed by atoms with E-state index < -0.39 is 0 Å². The predicted octanol–water partition coefficient (Wildman–Crippen LogP) is 1.76. The number of methoxy groups -OCH3 is 1. The molecular weight excluding hydrogens is 168 g/mol. The number of phenolic OH excluding ortho intramolecular Hbond substituents is 2. The van der Waals surface area contributed by atoms with Gasteiger partial charge in [-0.05, 0) is 0 Å². The van der Waals surface area contributed by atoms with Gasteiger partial charge in [0.15, 0.2) is 11.5 Å². The fourth-order valence-corrected chi connectivity index (χ4v) is 0.924. The van der Waals surface area contributed by atoms with Gasteiger partial charge < -0.3 is 14.9 Å². The molecule has 0 aliphatic carbocycles. The van der Waals surface area contributed by atoms with Crippen molar-refractivity contribution >= 4 is 11.6 Å². The maximum atomic E-state index is 8.97. The third-order valence-electron chi connectivity index (χ3n) is 1.25. The van der Waals surface area contributed by atoms with Crippen molar-refractivity contribution in [1.82, 2.24) is 0 Å². The summed E-state index contributed by atoms with van der Waals surface area (Å²) in [5.74, 6) is -0.163. The average molecular weight is 175 g/mol. The van der Waals surface area contributed by atoms with Crippen molar-refractivity contribution in [2.75, 3.05) is 7.11 Å². The lowest BCUT2D eigenvalue weighted by Gasteiger charge is -2.03. The first-order valence-corrected chi connectivity index (χ1v) is 3.28. The van der Waals surface area contributed by atoms with E-state index in [2.05, 4.69) is 0 Å². The second-order valence-corrected chi connectivity index (χ2v) is 2.38. The summed E-state index contributed by atoms with van der Waals surface area (Å²) in [7, 11) is 1.43. The Hall–Kier alpha value is -1.09. The van der Waals surface area contributed by atoms with Gasteiger partial charge in [-0.2, -0.15) is 0 Å². The molecule has 0 unspecified atom stereocenters. The number of phenols is 2. The van der Waals surface area contributed by atoms with E-state index >= 15 is 0 Å². The Bertz CT molecular complexity index is 273. The van der Waals surface area contributed by atoms with Gasteiger partial charge in [0.1, 0.15) is 5.75 Å². The highest BCUT2D eigenvalue weighted by Gasteiger charge is 2.05. The van der Waals surface area contributed by atoms with Crippen molar-refractivity contribution < 1.29 is 14.9 Å². The Labute approximate surface area is 68.8 Å². The summed E-state index contributed by atoms with van der Waals surface area (Å²) in [6.45, 7) is 0. The van der Waals surface area contributed by atoms with E-state index in [9.17, 15) is 0 Å². The normalized spacial score (nSPS) is 9.64. The zero-order chi connectivity index (χ0) is 8.43. The average Bonchev–Trinajstić information content (AvgIpc) is 1.97. The molecule has 0 bridgehead atoms. The molecular formula is C7H7ClO3. The van der Waals surface area contributed by atoms with Gasteiger partial charge in [0, 0.05) is 12.1 Å². The number of benzene rings is 1. The molecule has 0 saturated heterocycles. The summed E-state index contributed by atoms with van der Waals surface area (Å²) in [4.78, 5) is 0. The van der Waals surface area contributed by atoms with Crippen molar-refractivity contribution in [1.29, 1.82) is 0 Å². The Balaban J connectivity index is 3.21. The van der Waals surface area contributed by atoms with Gasteiger partial charge in [-0.3, -0.25) is 0 Å². The van der Waals surface area contributed by atoms with Crippen LogP contribution in [0.15, 0.2) is 12.1 Å². The third-order valence-corrected chi connectivity index (χ3v) is 1.54. The van der Waals surface area contributed by atoms with E-state index in [0.29, 0.717) is 5.75 Å². The molecule has 11 heavy (non-hydrogen) atoms. The summed E-state index contributed by atoms with van der Waals surface area (Å²) in [5.41, 5.74) is 0. The molecule has 0 heterocycles. The minimum atomic E-state index is -0.254. The summed E-state index contributed by atoms with van der Waals surface area (Å²) in [6.07, 6.45) is 0. The molecule has 0 atom stereocenters. The standard InChI is InChI=1S/C7H7ClO3/c1-11-7-3-6(10)5(9)2-4(7)8/h2-3,9-10H,1H3. The molecule has 0 aliphatic rings. The van der Waals surface area contributed by atoms with Crippen LogP contribution < -0.4 is 4.74 Å². The van der Waals surface area contributed by atoms with Gasteiger partial charge in [0.2, 0.25) is 0 Å². The molecule has 0 fully saturated rings. The summed E-state index contributed by atoms with van der Waals surface area (Å²) in [5, 5.41) is 18.2. The Morgan fingerprint density at radius 2 is 1.82 bits per heavy atom. The Morgan fingerprint density at radius 1 is 1.27 bits per heavy atom. The van der Waals surface area contributed by atoms with Crippen molar-refractivity contribution in [3.63, 3.8) is 0 Å². The zero-order valence-corrected chi connectivity index (χ0v) is 6.59. The predicted molar refractivity (Wildman–Crippen MR) is 41.3 cm³/mol. The van der Waals surface area contributed by atoms with Crippen LogP contribution in [0, 0.1) is 0 Å². The van der Waals surface area contributed by atoms with Gasteiger partial charge in [-0.15, -0.1) is 0 Å². The van der Waals surface area contributed by atoms with Crippen LogP contribution in [0.4, 0.5) is 0 Å². The molecule has 0 spiro atoms. The van der Waals surface area contributed by atoms with Gasteiger partial charge in [0.05, 0.1) is 12.1 Å². The lowest BCUT2D eigenvalue weighted by Crippen LogP contribution is -1.83. The van der Waals surface area contributed by atoms with E-state index in [1.165, 1.54) is 19.2 Å². The number of hydrogen-bond donors (Lipinski definition) is 2. The molecule has 2 N–H and O–H groups in total. The molecule has 0 amide bonds. The number of ether oxygens (including phenoxy) is 1. The fourth-order valence-electron chi connectivity index (χ4n) is 0.689. The third kappa shape index (κ3) is 1.49. The smallest absolute Gasteiger partial charge is 0.161 e. The Morgan fingerprint density at radius 3 is 2.36 bits per heavy atom. The highest BCUT2D eigenvalue weighted by atomic mass is 35.5. The molecule has 60 valence electrons. The highest BCUT2D eigenvalue weighted by molar-refractivity contribution is 6.32. The lowest BCUT2D eigenvalue weighted by atomic mass is 10.3. The second kappa shape index (κ2) is 2.88. The number of halogens is 1. The van der Waals surface area contributed by atoms with Crippen LogP contribution in [0.5, 0.6) is 17.2 Å². The van der Waals surface area contributed by atoms with Gasteiger partial charge in [-0.1, -0.05) is 11.6 Å². The van der Waals surface area contributed by atoms with Crippen LogP contribution in [0.1, 0.15) is 0 Å². The van der Waals surface area contributed by atoms with E-state index in [-0.39, 0.29) is 16.5 Å². The minimum Gasteiger partial charge on any atom is -0.504 e. The summed E-state index contributed by atoms with van der Waals surface area (Å²) >= 11 is 5.61. The van der Waals surface area contributed by atoms with Crippen molar-refractivity contribution in [3.05, 3.63) is 17.2 Å². The quantitative estimate of drug-likeness (QED) is 0.638. The van der Waals surface area contributed by atoms with E-state index in [1.807, 2.05) is 0 Å². The monoisotopic (exact) mass is 174 g/mol. The maximum absolute atomic E-state index is 8.97. The van der Waals surface area contributed by atoms with E-state index in [0.717, 1.165) is 0 Å². The van der Waals surface area contributed by atoms with Gasteiger partial charge in [-0.25, -0.2) is 0 Å². The number of rotatable bonds is 1.